The number of hydrogen-bond acceptors (Lipinski definition) is 3. The Kier molecular flexibility index (Phi) is 3.41. The second-order valence-corrected chi connectivity index (χ2v) is 2.54. The molecule has 0 unspecified atom stereocenters. The Bertz CT molecular complexity index is 243. The summed E-state index contributed by atoms with van der Waals surface area (Å²) in [6.07, 6.45) is 0. The highest BCUT2D eigenvalue weighted by Gasteiger charge is 1.92. The Labute approximate surface area is 71.8 Å². The van der Waals surface area contributed by atoms with Crippen LogP contribution in [0.3, 0.4) is 0 Å². The normalized spacial score (nSPS) is 9.75. The number of rotatable bonds is 4. The van der Waals surface area contributed by atoms with Gasteiger partial charge in [-0.25, -0.2) is 0 Å². The summed E-state index contributed by atoms with van der Waals surface area (Å²) in [6.45, 7) is 3.85. The van der Waals surface area contributed by atoms with E-state index in [1.54, 1.807) is 12.1 Å². The molecule has 0 heterocycles. The van der Waals surface area contributed by atoms with Gasteiger partial charge in [0.2, 0.25) is 0 Å². The van der Waals surface area contributed by atoms with Crippen molar-refractivity contribution < 1.29 is 0 Å². The van der Waals surface area contributed by atoms with Gasteiger partial charge in [0.05, 0.1) is 0 Å². The highest BCUT2D eigenvalue weighted by Crippen LogP contribution is 2.11. The third-order valence-corrected chi connectivity index (χ3v) is 1.62. The predicted octanol–water partition coefficient (Wildman–Crippen LogP) is 2.19. The first-order valence-electron chi connectivity index (χ1n) is 4.00. The van der Waals surface area contributed by atoms with Crippen molar-refractivity contribution in [3.8, 4) is 0 Å². The fourth-order valence-electron chi connectivity index (χ4n) is 0.944. The number of hydrogen-bond donors (Lipinski definition) is 1. The van der Waals surface area contributed by atoms with E-state index in [2.05, 4.69) is 17.4 Å². The third-order valence-electron chi connectivity index (χ3n) is 1.62. The van der Waals surface area contributed by atoms with E-state index in [1.807, 2.05) is 12.1 Å². The lowest BCUT2D eigenvalue weighted by atomic mass is 10.2. The molecule has 1 aromatic carbocycles. The van der Waals surface area contributed by atoms with Crippen molar-refractivity contribution in [2.45, 2.75) is 13.5 Å². The molecule has 1 aromatic rings. The zero-order chi connectivity index (χ0) is 8.81. The van der Waals surface area contributed by atoms with Gasteiger partial charge >= 0.3 is 0 Å². The van der Waals surface area contributed by atoms with Crippen LogP contribution in [0.4, 0.5) is 5.69 Å². The van der Waals surface area contributed by atoms with Crippen LogP contribution in [-0.4, -0.2) is 6.54 Å². The predicted molar refractivity (Wildman–Crippen MR) is 49.3 cm³/mol. The first-order chi connectivity index (χ1) is 5.86. The molecule has 0 atom stereocenters. The van der Waals surface area contributed by atoms with Crippen LogP contribution in [0.25, 0.3) is 0 Å². The van der Waals surface area contributed by atoms with Crippen LogP contribution in [0.2, 0.25) is 0 Å². The summed E-state index contributed by atoms with van der Waals surface area (Å²) in [4.78, 5) is 10.1. The summed E-state index contributed by atoms with van der Waals surface area (Å²) in [5.74, 6) is 0. The molecule has 3 nitrogen and oxygen atoms in total. The van der Waals surface area contributed by atoms with E-state index in [0.29, 0.717) is 5.69 Å². The van der Waals surface area contributed by atoms with Gasteiger partial charge in [-0.05, 0) is 29.4 Å². The average molecular weight is 164 g/mol. The van der Waals surface area contributed by atoms with Crippen molar-refractivity contribution in [3.63, 3.8) is 0 Å². The summed E-state index contributed by atoms with van der Waals surface area (Å²) in [7, 11) is 0. The fourth-order valence-corrected chi connectivity index (χ4v) is 0.944. The number of nitrogens with one attached hydrogen (secondary N) is 1. The molecule has 3 heteroatoms. The van der Waals surface area contributed by atoms with Crippen LogP contribution in [-0.2, 0) is 6.54 Å². The van der Waals surface area contributed by atoms with Crippen molar-refractivity contribution in [1.82, 2.24) is 5.32 Å². The van der Waals surface area contributed by atoms with Crippen molar-refractivity contribution in [3.05, 3.63) is 34.7 Å². The van der Waals surface area contributed by atoms with Gasteiger partial charge in [0.15, 0.2) is 0 Å². The van der Waals surface area contributed by atoms with Gasteiger partial charge in [-0.2, -0.15) is 0 Å². The standard InChI is InChI=1S/C9H12N2O/c1-2-10-7-8-3-5-9(11-12)6-4-8/h3-6,10H,2,7H2,1H3. The number of nitroso groups, excluding NO2 is 1. The Morgan fingerprint density at radius 1 is 1.33 bits per heavy atom. The van der Waals surface area contributed by atoms with Gasteiger partial charge in [-0.15, -0.1) is 4.91 Å². The Balaban J connectivity index is 2.58. The average Bonchev–Trinajstić information content (AvgIpc) is 2.15. The summed E-state index contributed by atoms with van der Waals surface area (Å²) in [5.41, 5.74) is 1.65. The van der Waals surface area contributed by atoms with Crippen molar-refractivity contribution in [2.24, 2.45) is 5.18 Å². The molecule has 0 aliphatic rings. The molecular weight excluding hydrogens is 152 g/mol. The molecular formula is C9H12N2O. The van der Waals surface area contributed by atoms with Gasteiger partial charge < -0.3 is 5.32 Å². The lowest BCUT2D eigenvalue weighted by molar-refractivity contribution is 0.727. The maximum absolute atomic E-state index is 10.1. The molecule has 1 rings (SSSR count). The monoisotopic (exact) mass is 164 g/mol. The van der Waals surface area contributed by atoms with E-state index in [1.165, 1.54) is 5.56 Å². The topological polar surface area (TPSA) is 41.5 Å². The summed E-state index contributed by atoms with van der Waals surface area (Å²) >= 11 is 0. The van der Waals surface area contributed by atoms with Gasteiger partial charge in [0.25, 0.3) is 0 Å². The molecule has 0 saturated carbocycles. The van der Waals surface area contributed by atoms with Crippen LogP contribution < -0.4 is 5.32 Å². The molecule has 12 heavy (non-hydrogen) atoms. The molecule has 0 fully saturated rings. The smallest absolute Gasteiger partial charge is 0.108 e. The second kappa shape index (κ2) is 4.62. The molecule has 0 saturated heterocycles. The molecule has 0 spiro atoms. The lowest BCUT2D eigenvalue weighted by Crippen LogP contribution is -2.11. The first kappa shape index (κ1) is 8.87. The summed E-state index contributed by atoms with van der Waals surface area (Å²) in [5, 5.41) is 6.01. The fraction of sp³-hybridized carbons (Fsp3) is 0.333. The lowest BCUT2D eigenvalue weighted by Gasteiger charge is -2.00. The Hall–Kier alpha value is -1.22. The van der Waals surface area contributed by atoms with Crippen molar-refractivity contribution in [1.29, 1.82) is 0 Å². The zero-order valence-corrected chi connectivity index (χ0v) is 7.08. The summed E-state index contributed by atoms with van der Waals surface area (Å²) < 4.78 is 0. The second-order valence-electron chi connectivity index (χ2n) is 2.54. The highest BCUT2D eigenvalue weighted by molar-refractivity contribution is 5.38. The van der Waals surface area contributed by atoms with Crippen LogP contribution in [0, 0.1) is 4.91 Å². The molecule has 64 valence electrons. The van der Waals surface area contributed by atoms with E-state index in [0.717, 1.165) is 13.1 Å². The minimum Gasteiger partial charge on any atom is -0.313 e. The van der Waals surface area contributed by atoms with Crippen LogP contribution in [0.5, 0.6) is 0 Å². The largest absolute Gasteiger partial charge is 0.313 e. The molecule has 0 amide bonds. The molecule has 0 aromatic heterocycles. The quantitative estimate of drug-likeness (QED) is 0.693. The minimum atomic E-state index is 0.482. The zero-order valence-electron chi connectivity index (χ0n) is 7.08. The highest BCUT2D eigenvalue weighted by atomic mass is 16.3. The van der Waals surface area contributed by atoms with E-state index < -0.39 is 0 Å². The minimum absolute atomic E-state index is 0.482. The van der Waals surface area contributed by atoms with Gasteiger partial charge in [0.1, 0.15) is 5.69 Å². The SMILES string of the molecule is CCNCc1ccc(N=O)cc1. The molecule has 0 bridgehead atoms. The van der Waals surface area contributed by atoms with Crippen molar-refractivity contribution in [2.75, 3.05) is 6.54 Å². The van der Waals surface area contributed by atoms with Gasteiger partial charge in [-0.1, -0.05) is 19.1 Å². The van der Waals surface area contributed by atoms with E-state index in [-0.39, 0.29) is 0 Å². The molecule has 0 aliphatic heterocycles. The maximum atomic E-state index is 10.1. The van der Waals surface area contributed by atoms with E-state index >= 15 is 0 Å². The van der Waals surface area contributed by atoms with Crippen LogP contribution in [0.15, 0.2) is 29.4 Å². The van der Waals surface area contributed by atoms with Gasteiger partial charge in [0, 0.05) is 6.54 Å². The van der Waals surface area contributed by atoms with Crippen molar-refractivity contribution >= 4 is 5.69 Å². The maximum Gasteiger partial charge on any atom is 0.108 e. The molecule has 0 radical (unpaired) electrons. The van der Waals surface area contributed by atoms with Crippen LogP contribution in [0.1, 0.15) is 12.5 Å². The number of nitrogens with zero attached hydrogens (tertiary/aromatic N) is 1. The third kappa shape index (κ3) is 2.43. The van der Waals surface area contributed by atoms with Gasteiger partial charge in [-0.3, -0.25) is 0 Å². The Morgan fingerprint density at radius 2 is 2.00 bits per heavy atom. The van der Waals surface area contributed by atoms with Crippen LogP contribution >= 0.6 is 0 Å². The molecule has 0 aliphatic carbocycles. The van der Waals surface area contributed by atoms with E-state index in [9.17, 15) is 4.91 Å². The number of benzene rings is 1. The summed E-state index contributed by atoms with van der Waals surface area (Å²) in [6, 6.07) is 7.25. The van der Waals surface area contributed by atoms with E-state index in [4.69, 9.17) is 0 Å². The Morgan fingerprint density at radius 3 is 2.50 bits per heavy atom. The first-order valence-corrected chi connectivity index (χ1v) is 4.00. The molecule has 1 N–H and O–H groups in total.